The molecule has 1 nitrogen and oxygen atoms in total. The van der Waals surface area contributed by atoms with Crippen LogP contribution in [0.25, 0.3) is 0 Å². The fourth-order valence-electron chi connectivity index (χ4n) is 2.67. The van der Waals surface area contributed by atoms with E-state index in [4.69, 9.17) is 0 Å². The average molecular weight is 164 g/mol. The Hall–Kier alpha value is -0.560. The summed E-state index contributed by atoms with van der Waals surface area (Å²) in [6, 6.07) is 0. The molecule has 2 aliphatic rings. The largest absolute Gasteiger partial charge is 0.393 e. The van der Waals surface area contributed by atoms with Crippen LogP contribution in [0, 0.1) is 17.8 Å². The van der Waals surface area contributed by atoms with Crippen LogP contribution in [0.2, 0.25) is 0 Å². The van der Waals surface area contributed by atoms with Crippen molar-refractivity contribution in [3.05, 3.63) is 24.3 Å². The first-order chi connectivity index (χ1) is 5.79. The predicted octanol–water partition coefficient (Wildman–Crippen LogP) is 2.14. The highest BCUT2D eigenvalue weighted by Crippen LogP contribution is 2.42. The van der Waals surface area contributed by atoms with E-state index in [0.29, 0.717) is 17.8 Å². The van der Waals surface area contributed by atoms with E-state index < -0.39 is 0 Å². The highest BCUT2D eigenvalue weighted by Gasteiger charge is 2.36. The molecular formula is C11H16O. The smallest absolute Gasteiger partial charge is 0.0551 e. The van der Waals surface area contributed by atoms with Crippen molar-refractivity contribution in [3.8, 4) is 0 Å². The van der Waals surface area contributed by atoms with Crippen LogP contribution in [0.5, 0.6) is 0 Å². The second-order valence-electron chi connectivity index (χ2n) is 3.99. The van der Waals surface area contributed by atoms with Gasteiger partial charge in [0, 0.05) is 0 Å². The number of allylic oxidation sites excluding steroid dienone is 4. The third kappa shape index (κ3) is 1.22. The van der Waals surface area contributed by atoms with Crippen molar-refractivity contribution < 1.29 is 5.11 Å². The van der Waals surface area contributed by atoms with E-state index in [2.05, 4.69) is 24.3 Å². The lowest BCUT2D eigenvalue weighted by molar-refractivity contribution is 0.0979. The highest BCUT2D eigenvalue weighted by molar-refractivity contribution is 5.15. The maximum Gasteiger partial charge on any atom is 0.0551 e. The molecule has 0 aromatic rings. The maximum absolute atomic E-state index is 9.62. The number of rotatable bonds is 1. The van der Waals surface area contributed by atoms with Gasteiger partial charge >= 0.3 is 0 Å². The van der Waals surface area contributed by atoms with Gasteiger partial charge in [0.1, 0.15) is 0 Å². The average Bonchev–Trinajstić information content (AvgIpc) is 2.24. The van der Waals surface area contributed by atoms with Gasteiger partial charge in [-0.15, -0.1) is 0 Å². The highest BCUT2D eigenvalue weighted by atomic mass is 16.3. The molecule has 0 radical (unpaired) electrons. The van der Waals surface area contributed by atoms with Crippen molar-refractivity contribution in [2.45, 2.75) is 25.9 Å². The number of aliphatic hydroxyl groups is 1. The first-order valence-electron chi connectivity index (χ1n) is 4.82. The van der Waals surface area contributed by atoms with Gasteiger partial charge in [-0.05, 0) is 37.5 Å². The van der Waals surface area contributed by atoms with E-state index in [0.717, 1.165) is 0 Å². The SMILES string of the molecule is C[C@@H](O)C1[C@@H]2C=CC=C[C@H]1CC2. The van der Waals surface area contributed by atoms with Crippen LogP contribution in [0.15, 0.2) is 24.3 Å². The molecule has 2 rings (SSSR count). The van der Waals surface area contributed by atoms with Crippen LogP contribution in [0.1, 0.15) is 19.8 Å². The molecule has 1 N–H and O–H groups in total. The Balaban J connectivity index is 2.23. The second-order valence-corrected chi connectivity index (χ2v) is 3.99. The molecule has 2 aliphatic carbocycles. The van der Waals surface area contributed by atoms with Crippen molar-refractivity contribution in [3.63, 3.8) is 0 Å². The van der Waals surface area contributed by atoms with Gasteiger partial charge in [-0.25, -0.2) is 0 Å². The molecule has 1 fully saturated rings. The van der Waals surface area contributed by atoms with E-state index in [-0.39, 0.29) is 6.10 Å². The van der Waals surface area contributed by atoms with Gasteiger partial charge < -0.3 is 5.11 Å². The van der Waals surface area contributed by atoms with Crippen LogP contribution in [-0.4, -0.2) is 11.2 Å². The number of hydrogen-bond donors (Lipinski definition) is 1. The first kappa shape index (κ1) is 8.06. The summed E-state index contributed by atoms with van der Waals surface area (Å²) >= 11 is 0. The van der Waals surface area contributed by atoms with Crippen LogP contribution >= 0.6 is 0 Å². The molecule has 4 atom stereocenters. The lowest BCUT2D eigenvalue weighted by Gasteiger charge is -2.22. The normalized spacial score (nSPS) is 41.3. The zero-order chi connectivity index (χ0) is 8.55. The summed E-state index contributed by atoms with van der Waals surface area (Å²) in [4.78, 5) is 0. The van der Waals surface area contributed by atoms with Crippen LogP contribution in [0.3, 0.4) is 0 Å². The molecule has 0 aliphatic heterocycles. The molecule has 2 bridgehead atoms. The zero-order valence-corrected chi connectivity index (χ0v) is 7.48. The molecule has 0 saturated heterocycles. The number of aliphatic hydroxyl groups excluding tert-OH is 1. The molecule has 0 amide bonds. The Morgan fingerprint density at radius 3 is 2.08 bits per heavy atom. The van der Waals surface area contributed by atoms with Gasteiger partial charge in [0.05, 0.1) is 6.10 Å². The first-order valence-corrected chi connectivity index (χ1v) is 4.82. The summed E-state index contributed by atoms with van der Waals surface area (Å²) in [6.07, 6.45) is 11.1. The predicted molar refractivity (Wildman–Crippen MR) is 49.7 cm³/mol. The van der Waals surface area contributed by atoms with Gasteiger partial charge in [-0.3, -0.25) is 0 Å². The molecule has 0 aromatic heterocycles. The Kier molecular flexibility index (Phi) is 2.05. The minimum absolute atomic E-state index is 0.158. The second kappa shape index (κ2) is 3.06. The van der Waals surface area contributed by atoms with Crippen molar-refractivity contribution in [2.24, 2.45) is 17.8 Å². The van der Waals surface area contributed by atoms with Crippen LogP contribution in [-0.2, 0) is 0 Å². The topological polar surface area (TPSA) is 20.2 Å². The van der Waals surface area contributed by atoms with Gasteiger partial charge in [0.15, 0.2) is 0 Å². The van der Waals surface area contributed by atoms with Gasteiger partial charge in [0.2, 0.25) is 0 Å². The fraction of sp³-hybridized carbons (Fsp3) is 0.636. The third-order valence-electron chi connectivity index (χ3n) is 3.21. The van der Waals surface area contributed by atoms with E-state index in [9.17, 15) is 5.11 Å². The van der Waals surface area contributed by atoms with E-state index in [1.54, 1.807) is 0 Å². The summed E-state index contributed by atoms with van der Waals surface area (Å²) < 4.78 is 0. The van der Waals surface area contributed by atoms with E-state index in [1.165, 1.54) is 12.8 Å². The molecular weight excluding hydrogens is 148 g/mol. The van der Waals surface area contributed by atoms with Crippen molar-refractivity contribution in [1.29, 1.82) is 0 Å². The quantitative estimate of drug-likeness (QED) is 0.629. The monoisotopic (exact) mass is 164 g/mol. The van der Waals surface area contributed by atoms with E-state index >= 15 is 0 Å². The molecule has 0 heterocycles. The standard InChI is InChI=1S/C11H16O/c1-8(12)11-9-4-2-3-5-10(11)7-6-9/h2-5,8-12H,6-7H2,1H3/t8-,9-,10+,11?/m1/s1. The Labute approximate surface area is 73.8 Å². The molecule has 1 saturated carbocycles. The van der Waals surface area contributed by atoms with Gasteiger partial charge in [-0.2, -0.15) is 0 Å². The lowest BCUT2D eigenvalue weighted by Crippen LogP contribution is -2.24. The minimum atomic E-state index is -0.158. The minimum Gasteiger partial charge on any atom is -0.393 e. The lowest BCUT2D eigenvalue weighted by atomic mass is 9.86. The van der Waals surface area contributed by atoms with E-state index in [1.807, 2.05) is 6.92 Å². The van der Waals surface area contributed by atoms with Crippen molar-refractivity contribution >= 4 is 0 Å². The molecule has 12 heavy (non-hydrogen) atoms. The number of fused-ring (bicyclic) bond motifs is 2. The summed E-state index contributed by atoms with van der Waals surface area (Å²) in [7, 11) is 0. The molecule has 1 unspecified atom stereocenters. The van der Waals surface area contributed by atoms with Crippen LogP contribution in [0.4, 0.5) is 0 Å². The Morgan fingerprint density at radius 2 is 1.67 bits per heavy atom. The molecule has 66 valence electrons. The number of hydrogen-bond acceptors (Lipinski definition) is 1. The fourth-order valence-corrected chi connectivity index (χ4v) is 2.67. The summed E-state index contributed by atoms with van der Waals surface area (Å²) in [5.74, 6) is 1.70. The zero-order valence-electron chi connectivity index (χ0n) is 7.48. The third-order valence-corrected chi connectivity index (χ3v) is 3.21. The Morgan fingerprint density at radius 1 is 1.17 bits per heavy atom. The molecule has 0 spiro atoms. The van der Waals surface area contributed by atoms with Gasteiger partial charge in [0.25, 0.3) is 0 Å². The summed E-state index contributed by atoms with van der Waals surface area (Å²) in [5.41, 5.74) is 0. The summed E-state index contributed by atoms with van der Waals surface area (Å²) in [6.45, 7) is 1.92. The molecule has 0 aromatic carbocycles. The van der Waals surface area contributed by atoms with Crippen LogP contribution < -0.4 is 0 Å². The molecule has 1 heteroatoms. The van der Waals surface area contributed by atoms with Crippen molar-refractivity contribution in [2.75, 3.05) is 0 Å². The maximum atomic E-state index is 9.62. The van der Waals surface area contributed by atoms with Crippen molar-refractivity contribution in [1.82, 2.24) is 0 Å². The van der Waals surface area contributed by atoms with Gasteiger partial charge in [-0.1, -0.05) is 24.3 Å². The summed E-state index contributed by atoms with van der Waals surface area (Å²) in [5, 5.41) is 9.62. The Bertz CT molecular complexity index is 195.